The fourth-order valence-corrected chi connectivity index (χ4v) is 2.19. The van der Waals surface area contributed by atoms with E-state index in [1.807, 2.05) is 26.0 Å². The highest BCUT2D eigenvalue weighted by Gasteiger charge is 2.14. The summed E-state index contributed by atoms with van der Waals surface area (Å²) in [4.78, 5) is 35.2. The maximum atomic E-state index is 12.1. The van der Waals surface area contributed by atoms with Crippen molar-refractivity contribution < 1.29 is 14.4 Å². The Kier molecular flexibility index (Phi) is 8.29. The van der Waals surface area contributed by atoms with Crippen molar-refractivity contribution in [1.82, 2.24) is 16.0 Å². The van der Waals surface area contributed by atoms with E-state index in [0.717, 1.165) is 5.56 Å². The van der Waals surface area contributed by atoms with E-state index < -0.39 is 0 Å². The molecule has 0 saturated heterocycles. The number of carbonyl (C=O) groups is 3. The first-order valence-electron chi connectivity index (χ1n) is 9.04. The Morgan fingerprint density at radius 2 is 1.46 bits per heavy atom. The van der Waals surface area contributed by atoms with Crippen LogP contribution in [0.2, 0.25) is 0 Å². The Bertz CT molecular complexity index is 616. The molecule has 0 bridgehead atoms. The number of benzene rings is 1. The predicted molar refractivity (Wildman–Crippen MR) is 103 cm³/mol. The van der Waals surface area contributed by atoms with Crippen molar-refractivity contribution in [3.05, 3.63) is 35.4 Å². The Balaban J connectivity index is 2.27. The van der Waals surface area contributed by atoms with Crippen molar-refractivity contribution in [2.24, 2.45) is 5.92 Å². The van der Waals surface area contributed by atoms with Gasteiger partial charge in [0.1, 0.15) is 0 Å². The lowest BCUT2D eigenvalue weighted by Gasteiger charge is -2.19. The molecule has 144 valence electrons. The topological polar surface area (TPSA) is 87.3 Å². The van der Waals surface area contributed by atoms with Gasteiger partial charge in [0.25, 0.3) is 5.91 Å². The van der Waals surface area contributed by atoms with E-state index in [-0.39, 0.29) is 42.0 Å². The summed E-state index contributed by atoms with van der Waals surface area (Å²) in [6.45, 7) is 11.0. The highest BCUT2D eigenvalue weighted by atomic mass is 16.2. The van der Waals surface area contributed by atoms with Crippen LogP contribution < -0.4 is 16.0 Å². The van der Waals surface area contributed by atoms with Crippen molar-refractivity contribution >= 4 is 17.7 Å². The Hall–Kier alpha value is -2.37. The summed E-state index contributed by atoms with van der Waals surface area (Å²) in [6.07, 6.45) is 0.198. The van der Waals surface area contributed by atoms with Crippen molar-refractivity contribution in [2.75, 3.05) is 19.6 Å². The van der Waals surface area contributed by atoms with E-state index in [1.54, 1.807) is 12.1 Å². The number of rotatable bonds is 8. The summed E-state index contributed by atoms with van der Waals surface area (Å²) >= 11 is 0. The Morgan fingerprint density at radius 3 is 2.00 bits per heavy atom. The minimum Gasteiger partial charge on any atom is -0.354 e. The summed E-state index contributed by atoms with van der Waals surface area (Å²) < 4.78 is 0. The van der Waals surface area contributed by atoms with E-state index in [0.29, 0.717) is 18.7 Å². The van der Waals surface area contributed by atoms with Gasteiger partial charge in [-0.3, -0.25) is 14.4 Å². The number of amides is 3. The SMILES string of the molecule is CC(C)C(=O)NCCNC(=O)CCNC(=O)c1ccc(C(C)(C)C)cc1. The molecule has 0 aliphatic carbocycles. The van der Waals surface area contributed by atoms with Crippen molar-refractivity contribution in [2.45, 2.75) is 46.5 Å². The molecule has 0 aliphatic rings. The van der Waals surface area contributed by atoms with E-state index in [9.17, 15) is 14.4 Å². The highest BCUT2D eigenvalue weighted by molar-refractivity contribution is 5.94. The normalized spacial score (nSPS) is 11.2. The molecule has 0 radical (unpaired) electrons. The van der Waals surface area contributed by atoms with Gasteiger partial charge in [-0.2, -0.15) is 0 Å². The van der Waals surface area contributed by atoms with E-state index in [1.165, 1.54) is 0 Å². The van der Waals surface area contributed by atoms with Gasteiger partial charge in [0.05, 0.1) is 0 Å². The van der Waals surface area contributed by atoms with Crippen molar-refractivity contribution in [3.63, 3.8) is 0 Å². The minimum absolute atomic E-state index is 0.0380. The van der Waals surface area contributed by atoms with Crippen LogP contribution in [-0.2, 0) is 15.0 Å². The molecule has 3 amide bonds. The lowest BCUT2D eigenvalue weighted by atomic mass is 9.87. The summed E-state index contributed by atoms with van der Waals surface area (Å²) in [5.74, 6) is -0.461. The third-order valence-corrected chi connectivity index (χ3v) is 3.92. The third kappa shape index (κ3) is 7.68. The molecule has 3 N–H and O–H groups in total. The quantitative estimate of drug-likeness (QED) is 0.619. The van der Waals surface area contributed by atoms with Crippen LogP contribution in [-0.4, -0.2) is 37.4 Å². The van der Waals surface area contributed by atoms with Gasteiger partial charge in [-0.25, -0.2) is 0 Å². The average molecular weight is 361 g/mol. The van der Waals surface area contributed by atoms with Crippen LogP contribution in [0.3, 0.4) is 0 Å². The summed E-state index contributed by atoms with van der Waals surface area (Å²) in [6, 6.07) is 7.50. The molecule has 26 heavy (non-hydrogen) atoms. The van der Waals surface area contributed by atoms with Gasteiger partial charge in [-0.05, 0) is 23.1 Å². The van der Waals surface area contributed by atoms with Crippen molar-refractivity contribution in [3.8, 4) is 0 Å². The van der Waals surface area contributed by atoms with Gasteiger partial charge < -0.3 is 16.0 Å². The molecule has 6 nitrogen and oxygen atoms in total. The Morgan fingerprint density at radius 1 is 0.885 bits per heavy atom. The highest BCUT2D eigenvalue weighted by Crippen LogP contribution is 2.22. The fourth-order valence-electron chi connectivity index (χ4n) is 2.19. The third-order valence-electron chi connectivity index (χ3n) is 3.92. The van der Waals surface area contributed by atoms with Gasteiger partial charge in [0.15, 0.2) is 0 Å². The number of hydrogen-bond acceptors (Lipinski definition) is 3. The van der Waals surface area contributed by atoms with Crippen LogP contribution >= 0.6 is 0 Å². The largest absolute Gasteiger partial charge is 0.354 e. The molecule has 0 saturated carbocycles. The predicted octanol–water partition coefficient (Wildman–Crippen LogP) is 1.99. The standard InChI is InChI=1S/C20H31N3O3/c1-14(2)18(25)23-13-12-21-17(24)10-11-22-19(26)15-6-8-16(9-7-15)20(3,4)5/h6-9,14H,10-13H2,1-5H3,(H,21,24)(H,22,26)(H,23,25). The van der Waals surface area contributed by atoms with Crippen LogP contribution in [0.5, 0.6) is 0 Å². The monoisotopic (exact) mass is 361 g/mol. The lowest BCUT2D eigenvalue weighted by Crippen LogP contribution is -2.37. The van der Waals surface area contributed by atoms with Gasteiger partial charge in [-0.15, -0.1) is 0 Å². The summed E-state index contributed by atoms with van der Waals surface area (Å²) in [5, 5.41) is 8.18. The first-order valence-corrected chi connectivity index (χ1v) is 9.04. The Labute approximate surface area is 156 Å². The fraction of sp³-hybridized carbons (Fsp3) is 0.550. The molecule has 0 spiro atoms. The van der Waals surface area contributed by atoms with Crippen LogP contribution in [0.15, 0.2) is 24.3 Å². The second kappa shape index (κ2) is 9.94. The van der Waals surface area contributed by atoms with Gasteiger partial charge in [0, 0.05) is 37.5 Å². The molecular formula is C20H31N3O3. The minimum atomic E-state index is -0.192. The smallest absolute Gasteiger partial charge is 0.251 e. The molecule has 0 atom stereocenters. The zero-order valence-electron chi connectivity index (χ0n) is 16.4. The molecule has 0 aromatic heterocycles. The van der Waals surface area contributed by atoms with Crippen LogP contribution in [0, 0.1) is 5.92 Å². The van der Waals surface area contributed by atoms with Crippen LogP contribution in [0.1, 0.15) is 57.0 Å². The molecule has 0 fully saturated rings. The zero-order valence-corrected chi connectivity index (χ0v) is 16.4. The lowest BCUT2D eigenvalue weighted by molar-refractivity contribution is -0.124. The number of hydrogen-bond donors (Lipinski definition) is 3. The molecule has 0 unspecified atom stereocenters. The number of carbonyl (C=O) groups excluding carboxylic acids is 3. The molecule has 0 aliphatic heterocycles. The van der Waals surface area contributed by atoms with E-state index >= 15 is 0 Å². The van der Waals surface area contributed by atoms with Gasteiger partial charge in [-0.1, -0.05) is 46.8 Å². The molecule has 0 heterocycles. The number of nitrogens with one attached hydrogen (secondary N) is 3. The van der Waals surface area contributed by atoms with Gasteiger partial charge in [0.2, 0.25) is 11.8 Å². The van der Waals surface area contributed by atoms with Crippen LogP contribution in [0.4, 0.5) is 0 Å². The molecule has 1 aromatic rings. The van der Waals surface area contributed by atoms with E-state index in [2.05, 4.69) is 36.7 Å². The van der Waals surface area contributed by atoms with Crippen LogP contribution in [0.25, 0.3) is 0 Å². The molecule has 1 rings (SSSR count). The zero-order chi connectivity index (χ0) is 19.7. The first kappa shape index (κ1) is 21.7. The maximum Gasteiger partial charge on any atom is 0.251 e. The summed E-state index contributed by atoms with van der Waals surface area (Å²) in [7, 11) is 0. The molecule has 6 heteroatoms. The van der Waals surface area contributed by atoms with Gasteiger partial charge >= 0.3 is 0 Å². The molecule has 1 aromatic carbocycles. The maximum absolute atomic E-state index is 12.1. The first-order chi connectivity index (χ1) is 12.1. The molecular weight excluding hydrogens is 330 g/mol. The summed E-state index contributed by atoms with van der Waals surface area (Å²) in [5.41, 5.74) is 1.79. The second-order valence-corrected chi connectivity index (χ2v) is 7.63. The van der Waals surface area contributed by atoms with E-state index in [4.69, 9.17) is 0 Å². The second-order valence-electron chi connectivity index (χ2n) is 7.63. The average Bonchev–Trinajstić information content (AvgIpc) is 2.57. The van der Waals surface area contributed by atoms with Crippen molar-refractivity contribution in [1.29, 1.82) is 0 Å².